The van der Waals surface area contributed by atoms with Crippen molar-refractivity contribution >= 4 is 11.5 Å². The zero-order valence-corrected chi connectivity index (χ0v) is 12.2. The maximum Gasteiger partial charge on any atom is 0.242 e. The molecule has 0 aromatic carbocycles. The van der Waals surface area contributed by atoms with Crippen LogP contribution in [-0.2, 0) is 0 Å². The van der Waals surface area contributed by atoms with Gasteiger partial charge in [0.05, 0.1) is 6.10 Å². The Balaban J connectivity index is 2.05. The number of nitrogens with zero attached hydrogens (tertiary/aromatic N) is 2. The van der Waals surface area contributed by atoms with Crippen molar-refractivity contribution in [1.29, 1.82) is 0 Å². The number of rotatable bonds is 6. The smallest absolute Gasteiger partial charge is 0.242 e. The molecular formula is C14H24N4O. The molecule has 5 nitrogen and oxygen atoms in total. The van der Waals surface area contributed by atoms with E-state index in [0.717, 1.165) is 6.54 Å². The van der Waals surface area contributed by atoms with E-state index >= 15 is 0 Å². The molecule has 3 N–H and O–H groups in total. The number of ether oxygens (including phenoxy) is 1. The molecule has 106 valence electrons. The average Bonchev–Trinajstić information content (AvgIpc) is 3.11. The molecule has 1 aromatic rings. The molecule has 1 saturated carbocycles. The third kappa shape index (κ3) is 3.08. The lowest BCUT2D eigenvalue weighted by Gasteiger charge is -2.21. The number of nitrogens with two attached hydrogens (primary N) is 1. The maximum absolute atomic E-state index is 6.04. The summed E-state index contributed by atoms with van der Waals surface area (Å²) >= 11 is 0. The standard InChI is InChI=1S/C14H24N4O/c1-9(2)14(5-6-14)7-16-12-11(15)13(18-8-17-12)19-10(3)4/h8-10H,5-7,15H2,1-4H3,(H,16,17,18). The highest BCUT2D eigenvalue weighted by atomic mass is 16.5. The molecule has 1 heterocycles. The van der Waals surface area contributed by atoms with Crippen LogP contribution in [0.4, 0.5) is 11.5 Å². The predicted molar refractivity (Wildman–Crippen MR) is 77.2 cm³/mol. The van der Waals surface area contributed by atoms with Crippen LogP contribution >= 0.6 is 0 Å². The van der Waals surface area contributed by atoms with Gasteiger partial charge in [-0.3, -0.25) is 0 Å². The minimum absolute atomic E-state index is 0.0514. The first kappa shape index (κ1) is 13.9. The van der Waals surface area contributed by atoms with Gasteiger partial charge < -0.3 is 15.8 Å². The van der Waals surface area contributed by atoms with Crippen LogP contribution in [0.1, 0.15) is 40.5 Å². The molecular weight excluding hydrogens is 240 g/mol. The number of aromatic nitrogens is 2. The van der Waals surface area contributed by atoms with Crippen molar-refractivity contribution < 1.29 is 4.74 Å². The number of nitrogen functional groups attached to an aromatic ring is 1. The van der Waals surface area contributed by atoms with Gasteiger partial charge in [0.15, 0.2) is 5.82 Å². The predicted octanol–water partition coefficient (Wildman–Crippen LogP) is 2.69. The normalized spacial score (nSPS) is 16.7. The first-order chi connectivity index (χ1) is 8.94. The van der Waals surface area contributed by atoms with Crippen molar-refractivity contribution in [2.24, 2.45) is 11.3 Å². The van der Waals surface area contributed by atoms with Crippen LogP contribution in [0.5, 0.6) is 5.88 Å². The molecule has 0 amide bonds. The fourth-order valence-electron chi connectivity index (χ4n) is 2.22. The Labute approximate surface area is 115 Å². The number of hydrogen-bond acceptors (Lipinski definition) is 5. The van der Waals surface area contributed by atoms with Crippen LogP contribution in [0.25, 0.3) is 0 Å². The third-order valence-electron chi connectivity index (χ3n) is 3.92. The molecule has 0 bridgehead atoms. The third-order valence-corrected chi connectivity index (χ3v) is 3.92. The second-order valence-corrected chi connectivity index (χ2v) is 5.98. The van der Waals surface area contributed by atoms with E-state index in [0.29, 0.717) is 28.7 Å². The Morgan fingerprint density at radius 3 is 2.53 bits per heavy atom. The summed E-state index contributed by atoms with van der Waals surface area (Å²) in [4.78, 5) is 8.29. The van der Waals surface area contributed by atoms with E-state index in [-0.39, 0.29) is 6.10 Å². The number of nitrogens with one attached hydrogen (secondary N) is 1. The molecule has 0 saturated heterocycles. The molecule has 1 aliphatic rings. The summed E-state index contributed by atoms with van der Waals surface area (Å²) in [5, 5.41) is 3.35. The molecule has 0 atom stereocenters. The highest BCUT2D eigenvalue weighted by molar-refractivity contribution is 5.66. The largest absolute Gasteiger partial charge is 0.473 e. The van der Waals surface area contributed by atoms with Crippen molar-refractivity contribution in [3.8, 4) is 5.88 Å². The van der Waals surface area contributed by atoms with Crippen LogP contribution < -0.4 is 15.8 Å². The van der Waals surface area contributed by atoms with Crippen molar-refractivity contribution in [3.05, 3.63) is 6.33 Å². The number of anilines is 2. The minimum Gasteiger partial charge on any atom is -0.473 e. The lowest BCUT2D eigenvalue weighted by atomic mass is 9.92. The average molecular weight is 264 g/mol. The summed E-state index contributed by atoms with van der Waals surface area (Å²) in [5.41, 5.74) is 6.95. The van der Waals surface area contributed by atoms with Gasteiger partial charge in [-0.1, -0.05) is 13.8 Å². The monoisotopic (exact) mass is 264 g/mol. The van der Waals surface area contributed by atoms with Gasteiger partial charge in [0.2, 0.25) is 5.88 Å². The van der Waals surface area contributed by atoms with Gasteiger partial charge in [0, 0.05) is 6.54 Å². The van der Waals surface area contributed by atoms with Crippen LogP contribution in [-0.4, -0.2) is 22.6 Å². The summed E-state index contributed by atoms with van der Waals surface area (Å²) in [7, 11) is 0. The highest BCUT2D eigenvalue weighted by Crippen LogP contribution is 2.51. The van der Waals surface area contributed by atoms with Gasteiger partial charge in [-0.2, -0.15) is 4.98 Å². The van der Waals surface area contributed by atoms with Crippen molar-refractivity contribution in [2.45, 2.75) is 46.6 Å². The lowest BCUT2D eigenvalue weighted by Crippen LogP contribution is -2.22. The van der Waals surface area contributed by atoms with Gasteiger partial charge >= 0.3 is 0 Å². The molecule has 5 heteroatoms. The second-order valence-electron chi connectivity index (χ2n) is 5.98. The van der Waals surface area contributed by atoms with Gasteiger partial charge in [-0.15, -0.1) is 0 Å². The van der Waals surface area contributed by atoms with Crippen molar-refractivity contribution in [1.82, 2.24) is 9.97 Å². The van der Waals surface area contributed by atoms with Crippen LogP contribution in [0.15, 0.2) is 6.33 Å². The minimum atomic E-state index is 0.0514. The van der Waals surface area contributed by atoms with E-state index in [2.05, 4.69) is 29.1 Å². The second kappa shape index (κ2) is 5.23. The summed E-state index contributed by atoms with van der Waals surface area (Å²) in [6.45, 7) is 9.35. The fourth-order valence-corrected chi connectivity index (χ4v) is 2.22. The molecule has 0 spiro atoms. The van der Waals surface area contributed by atoms with E-state index in [9.17, 15) is 0 Å². The molecule has 2 rings (SSSR count). The molecule has 0 aliphatic heterocycles. The molecule has 1 aliphatic carbocycles. The van der Waals surface area contributed by atoms with E-state index in [1.807, 2.05) is 13.8 Å². The summed E-state index contributed by atoms with van der Waals surface area (Å²) in [5.74, 6) is 1.81. The first-order valence-electron chi connectivity index (χ1n) is 6.95. The van der Waals surface area contributed by atoms with Crippen LogP contribution in [0.2, 0.25) is 0 Å². The van der Waals surface area contributed by atoms with Gasteiger partial charge in [0.1, 0.15) is 12.0 Å². The SMILES string of the molecule is CC(C)Oc1ncnc(NCC2(C(C)C)CC2)c1N. The summed E-state index contributed by atoms with van der Waals surface area (Å²) in [6.07, 6.45) is 4.09. The zero-order chi connectivity index (χ0) is 14.0. The molecule has 0 radical (unpaired) electrons. The van der Waals surface area contributed by atoms with E-state index < -0.39 is 0 Å². The summed E-state index contributed by atoms with van der Waals surface area (Å²) in [6, 6.07) is 0. The summed E-state index contributed by atoms with van der Waals surface area (Å²) < 4.78 is 5.56. The van der Waals surface area contributed by atoms with Crippen LogP contribution in [0.3, 0.4) is 0 Å². The Kier molecular flexibility index (Phi) is 3.83. The topological polar surface area (TPSA) is 73.1 Å². The van der Waals surface area contributed by atoms with Gasteiger partial charge in [-0.05, 0) is 38.0 Å². The van der Waals surface area contributed by atoms with Gasteiger partial charge in [-0.25, -0.2) is 4.98 Å². The highest BCUT2D eigenvalue weighted by Gasteiger charge is 2.45. The van der Waals surface area contributed by atoms with Gasteiger partial charge in [0.25, 0.3) is 0 Å². The first-order valence-corrected chi connectivity index (χ1v) is 6.95. The molecule has 19 heavy (non-hydrogen) atoms. The molecule has 1 fully saturated rings. The fraction of sp³-hybridized carbons (Fsp3) is 0.714. The molecule has 0 unspecified atom stereocenters. The molecule has 1 aromatic heterocycles. The Morgan fingerprint density at radius 2 is 2.00 bits per heavy atom. The van der Waals surface area contributed by atoms with E-state index in [4.69, 9.17) is 10.5 Å². The van der Waals surface area contributed by atoms with Crippen molar-refractivity contribution in [3.63, 3.8) is 0 Å². The van der Waals surface area contributed by atoms with Crippen molar-refractivity contribution in [2.75, 3.05) is 17.6 Å². The Bertz CT molecular complexity index is 441. The van der Waals surface area contributed by atoms with E-state index in [1.54, 1.807) is 0 Å². The van der Waals surface area contributed by atoms with Crippen LogP contribution in [0, 0.1) is 11.3 Å². The Morgan fingerprint density at radius 1 is 1.32 bits per heavy atom. The maximum atomic E-state index is 6.04. The Hall–Kier alpha value is -1.52. The quantitative estimate of drug-likeness (QED) is 0.826. The lowest BCUT2D eigenvalue weighted by molar-refractivity contribution is 0.234. The van der Waals surface area contributed by atoms with E-state index in [1.165, 1.54) is 19.2 Å². The zero-order valence-electron chi connectivity index (χ0n) is 12.2. The number of hydrogen-bond donors (Lipinski definition) is 2.